The maximum Gasteiger partial charge on any atom is 0.352 e. The summed E-state index contributed by atoms with van der Waals surface area (Å²) in [7, 11) is 3.87. The molecule has 12 heteroatoms. The first-order valence-corrected chi connectivity index (χ1v) is 17.8. The summed E-state index contributed by atoms with van der Waals surface area (Å²) in [5.41, 5.74) is 7.33. The van der Waals surface area contributed by atoms with Gasteiger partial charge in [-0.05, 0) is 79.7 Å². The van der Waals surface area contributed by atoms with E-state index in [0.29, 0.717) is 53.2 Å². The minimum Gasteiger partial charge on any atom is -0.493 e. The molecule has 8 bridgehead atoms. The van der Waals surface area contributed by atoms with Gasteiger partial charge >= 0.3 is 5.97 Å². The molecule has 0 unspecified atom stereocenters. The lowest BCUT2D eigenvalue weighted by atomic mass is 9.97. The number of hydrogen-bond acceptors (Lipinski definition) is 6. The van der Waals surface area contributed by atoms with Crippen molar-refractivity contribution in [3.8, 4) is 16.9 Å². The molecule has 0 saturated heterocycles. The number of hydrogen-bond donors (Lipinski definition) is 1. The smallest absolute Gasteiger partial charge is 0.352 e. The van der Waals surface area contributed by atoms with Crippen LogP contribution in [0, 0.1) is 19.7 Å². The Morgan fingerprint density at radius 1 is 1.00 bits per heavy atom. The molecule has 0 aliphatic carbocycles. The van der Waals surface area contributed by atoms with E-state index in [-0.39, 0.29) is 11.5 Å². The molecule has 1 aliphatic rings. The van der Waals surface area contributed by atoms with Gasteiger partial charge in [0.1, 0.15) is 17.3 Å². The van der Waals surface area contributed by atoms with Crippen LogP contribution in [0.25, 0.3) is 32.8 Å². The Labute approximate surface area is 284 Å². The first-order chi connectivity index (χ1) is 22.6. The van der Waals surface area contributed by atoms with E-state index in [2.05, 4.69) is 6.07 Å². The molecule has 0 fully saturated rings. The fourth-order valence-corrected chi connectivity index (χ4v) is 8.63. The maximum atomic E-state index is 14.3. The zero-order valence-corrected chi connectivity index (χ0v) is 28.8. The Hall–Kier alpha value is -3.93. The van der Waals surface area contributed by atoms with Gasteiger partial charge in [0, 0.05) is 86.6 Å². The van der Waals surface area contributed by atoms with Gasteiger partial charge in [-0.25, -0.2) is 9.18 Å². The van der Waals surface area contributed by atoms with Crippen LogP contribution in [-0.4, -0.2) is 41.8 Å². The highest BCUT2D eigenvalue weighted by atomic mass is 35.5. The Morgan fingerprint density at radius 2 is 1.83 bits per heavy atom. The number of halogens is 2. The summed E-state index contributed by atoms with van der Waals surface area (Å²) in [6.45, 7) is 4.63. The van der Waals surface area contributed by atoms with Crippen molar-refractivity contribution in [2.45, 2.75) is 49.0 Å². The van der Waals surface area contributed by atoms with Gasteiger partial charge in [-0.1, -0.05) is 11.6 Å². The third-order valence-corrected chi connectivity index (χ3v) is 11.1. The van der Waals surface area contributed by atoms with Crippen molar-refractivity contribution in [3.05, 3.63) is 93.4 Å². The first kappa shape index (κ1) is 31.7. The lowest BCUT2D eigenvalue weighted by Gasteiger charge is -2.14. The Bertz CT molecular complexity index is 2210. The third kappa shape index (κ3) is 5.78. The van der Waals surface area contributed by atoms with E-state index in [4.69, 9.17) is 26.5 Å². The van der Waals surface area contributed by atoms with Crippen molar-refractivity contribution >= 4 is 62.8 Å². The molecule has 3 aromatic carbocycles. The number of ether oxygens (including phenoxy) is 1. The van der Waals surface area contributed by atoms with Crippen molar-refractivity contribution in [1.82, 2.24) is 24.1 Å². The maximum absolute atomic E-state index is 14.3. The molecular formula is C35H33ClFN5O3S2. The summed E-state index contributed by atoms with van der Waals surface area (Å²) in [5, 5.41) is 23.0. The minimum atomic E-state index is -0.998. The molecule has 0 spiro atoms. The molecule has 0 amide bonds. The summed E-state index contributed by atoms with van der Waals surface area (Å²) in [4.78, 5) is 13.7. The molecular weight excluding hydrogens is 657 g/mol. The zero-order valence-electron chi connectivity index (χ0n) is 26.4. The largest absolute Gasteiger partial charge is 0.493 e. The summed E-state index contributed by atoms with van der Waals surface area (Å²) in [5.74, 6) is 1.37. The Balaban J connectivity index is 1.36. The summed E-state index contributed by atoms with van der Waals surface area (Å²) < 4.78 is 26.3. The first-order valence-electron chi connectivity index (χ1n) is 15.3. The Kier molecular flexibility index (Phi) is 8.48. The van der Waals surface area contributed by atoms with Gasteiger partial charge in [0.15, 0.2) is 0 Å². The van der Waals surface area contributed by atoms with Crippen LogP contribution in [0.5, 0.6) is 5.75 Å². The van der Waals surface area contributed by atoms with Crippen LogP contribution >= 0.6 is 35.1 Å². The molecule has 47 heavy (non-hydrogen) atoms. The van der Waals surface area contributed by atoms with E-state index in [1.807, 2.05) is 66.1 Å². The molecule has 0 atom stereocenters. The average molecular weight is 690 g/mol. The molecule has 3 aromatic heterocycles. The summed E-state index contributed by atoms with van der Waals surface area (Å²) in [6, 6.07) is 14.6. The quantitative estimate of drug-likeness (QED) is 0.185. The van der Waals surface area contributed by atoms with Gasteiger partial charge in [-0.3, -0.25) is 9.36 Å². The zero-order chi connectivity index (χ0) is 33.0. The number of benzene rings is 3. The van der Waals surface area contributed by atoms with Crippen molar-refractivity contribution in [2.75, 3.05) is 6.61 Å². The van der Waals surface area contributed by atoms with E-state index in [1.54, 1.807) is 29.6 Å². The van der Waals surface area contributed by atoms with Crippen LogP contribution in [0.3, 0.4) is 0 Å². The second-order valence-corrected chi connectivity index (χ2v) is 14.2. The highest BCUT2D eigenvalue weighted by Crippen LogP contribution is 2.43. The number of carboxylic acid groups (broad SMARTS) is 1. The topological polar surface area (TPSA) is 87.1 Å². The molecule has 7 rings (SSSR count). The van der Waals surface area contributed by atoms with Gasteiger partial charge < -0.3 is 14.4 Å². The van der Waals surface area contributed by atoms with Gasteiger partial charge in [-0.2, -0.15) is 10.2 Å². The average Bonchev–Trinajstić information content (AvgIpc) is 3.63. The summed E-state index contributed by atoms with van der Waals surface area (Å²) >= 11 is 10.3. The summed E-state index contributed by atoms with van der Waals surface area (Å²) in [6.07, 6.45) is 0.549. The number of carbonyl (C=O) groups is 1. The predicted octanol–water partition coefficient (Wildman–Crippen LogP) is 8.54. The predicted molar refractivity (Wildman–Crippen MR) is 187 cm³/mol. The number of fused-ring (bicyclic) bond motifs is 8. The fourth-order valence-electron chi connectivity index (χ4n) is 6.54. The standard InChI is InChI=1S/C35H33ClFN5O3S2/c1-19-31-29-9-8-27(36)33(31)32-20(2)40(3)39-28(32)18-46-16-23-14-24(41(4)38-23)17-47-25-13-21-12-22(37)6-7-26(21)30(15-25)45-11-5-10-42(29)34(19)35(43)44/h6-9,12-15H,5,10-11,16-18H2,1-4H3,(H,43,44). The number of carboxylic acids is 1. The van der Waals surface area contributed by atoms with E-state index >= 15 is 0 Å². The minimum absolute atomic E-state index is 0.230. The number of aryl methyl sites for hydroxylation is 4. The van der Waals surface area contributed by atoms with Crippen molar-refractivity contribution in [1.29, 1.82) is 0 Å². The van der Waals surface area contributed by atoms with Gasteiger partial charge in [0.25, 0.3) is 0 Å². The highest BCUT2D eigenvalue weighted by Gasteiger charge is 2.27. The van der Waals surface area contributed by atoms with Gasteiger partial charge in [0.05, 0.1) is 18.0 Å². The van der Waals surface area contributed by atoms with E-state index in [9.17, 15) is 14.3 Å². The lowest BCUT2D eigenvalue weighted by Crippen LogP contribution is -2.12. The molecule has 6 aromatic rings. The van der Waals surface area contributed by atoms with Crippen LogP contribution in [0.15, 0.2) is 53.4 Å². The second-order valence-electron chi connectivity index (χ2n) is 11.8. The Morgan fingerprint density at radius 3 is 2.64 bits per heavy atom. The second kappa shape index (κ2) is 12.6. The number of rotatable bonds is 1. The van der Waals surface area contributed by atoms with Gasteiger partial charge in [-0.15, -0.1) is 23.5 Å². The van der Waals surface area contributed by atoms with Crippen LogP contribution < -0.4 is 4.74 Å². The van der Waals surface area contributed by atoms with Crippen LogP contribution in [-0.2, 0) is 37.9 Å². The molecule has 1 N–H and O–H groups in total. The molecule has 4 heterocycles. The number of thioether (sulfide) groups is 2. The van der Waals surface area contributed by atoms with Crippen LogP contribution in [0.1, 0.15) is 45.2 Å². The van der Waals surface area contributed by atoms with Crippen molar-refractivity contribution < 1.29 is 19.0 Å². The molecule has 242 valence electrons. The highest BCUT2D eigenvalue weighted by molar-refractivity contribution is 7.98. The van der Waals surface area contributed by atoms with Gasteiger partial charge in [0.2, 0.25) is 0 Å². The van der Waals surface area contributed by atoms with Crippen LogP contribution in [0.4, 0.5) is 4.39 Å². The number of aromatic nitrogens is 5. The normalized spacial score (nSPS) is 14.3. The molecule has 1 aliphatic heterocycles. The monoisotopic (exact) mass is 689 g/mol. The number of aromatic carboxylic acids is 1. The molecule has 0 radical (unpaired) electrons. The third-order valence-electron chi connectivity index (χ3n) is 8.82. The number of nitrogens with zero attached hydrogens (tertiary/aromatic N) is 5. The molecule has 0 saturated carbocycles. The van der Waals surface area contributed by atoms with Crippen molar-refractivity contribution in [2.24, 2.45) is 14.1 Å². The van der Waals surface area contributed by atoms with Crippen molar-refractivity contribution in [3.63, 3.8) is 0 Å². The van der Waals surface area contributed by atoms with E-state index in [0.717, 1.165) is 60.5 Å². The van der Waals surface area contributed by atoms with Crippen LogP contribution in [0.2, 0.25) is 5.02 Å². The fraction of sp³-hybridized carbons (Fsp3) is 0.286. The lowest BCUT2D eigenvalue weighted by molar-refractivity contribution is 0.0684. The SMILES string of the molecule is Cc1c(C(=O)O)n2c3ccc(Cl)c(c13)-c1c(nn(C)c1C)CSCc1cc(n(C)n1)CSc1cc(c3ccc(F)cc3c1)OCCC2. The van der Waals surface area contributed by atoms with E-state index in [1.165, 1.54) is 12.1 Å². The van der Waals surface area contributed by atoms with E-state index < -0.39 is 5.97 Å². The molecule has 8 nitrogen and oxygen atoms in total.